The Kier molecular flexibility index (Phi) is 4.28. The summed E-state index contributed by atoms with van der Waals surface area (Å²) in [5.74, 6) is -0.310. The molecule has 0 bridgehead atoms. The second kappa shape index (κ2) is 5.49. The normalized spacial score (nSPS) is 12.5. The first-order valence-electron chi connectivity index (χ1n) is 5.35. The van der Waals surface area contributed by atoms with Crippen LogP contribution in [0.15, 0.2) is 18.3 Å². The van der Waals surface area contributed by atoms with Crippen LogP contribution in [0.1, 0.15) is 37.6 Å². The second-order valence-electron chi connectivity index (χ2n) is 4.22. The summed E-state index contributed by atoms with van der Waals surface area (Å²) in [6.07, 6.45) is 2.37. The molecule has 4 heteroatoms. The lowest BCUT2D eigenvalue weighted by Gasteiger charge is -2.16. The van der Waals surface area contributed by atoms with E-state index in [1.807, 2.05) is 6.92 Å². The van der Waals surface area contributed by atoms with Crippen molar-refractivity contribution in [3.63, 3.8) is 0 Å². The molecule has 0 aliphatic rings. The van der Waals surface area contributed by atoms with Crippen molar-refractivity contribution in [3.05, 3.63) is 23.9 Å². The maximum absolute atomic E-state index is 10.9. The molecule has 1 aromatic rings. The lowest BCUT2D eigenvalue weighted by atomic mass is 10.1. The SMILES string of the molecule is CC(C)CC(C)Oc1ncccc1C(=O)O. The molecule has 1 rings (SSSR count). The summed E-state index contributed by atoms with van der Waals surface area (Å²) in [7, 11) is 0. The van der Waals surface area contributed by atoms with Crippen molar-refractivity contribution in [2.24, 2.45) is 5.92 Å². The van der Waals surface area contributed by atoms with Crippen LogP contribution in [0.4, 0.5) is 0 Å². The van der Waals surface area contributed by atoms with Gasteiger partial charge in [0.25, 0.3) is 0 Å². The number of aromatic nitrogens is 1. The van der Waals surface area contributed by atoms with Gasteiger partial charge in [-0.2, -0.15) is 0 Å². The Morgan fingerprint density at radius 1 is 1.50 bits per heavy atom. The average Bonchev–Trinajstić information content (AvgIpc) is 2.16. The predicted molar refractivity (Wildman–Crippen MR) is 60.7 cm³/mol. The maximum atomic E-state index is 10.9. The minimum atomic E-state index is -1.01. The van der Waals surface area contributed by atoms with Crippen LogP contribution in [0, 0.1) is 5.92 Å². The van der Waals surface area contributed by atoms with Crippen molar-refractivity contribution in [2.75, 3.05) is 0 Å². The zero-order chi connectivity index (χ0) is 12.1. The first-order valence-corrected chi connectivity index (χ1v) is 5.35. The Labute approximate surface area is 95.3 Å². The molecule has 1 unspecified atom stereocenters. The molecule has 0 aliphatic heterocycles. The average molecular weight is 223 g/mol. The Hall–Kier alpha value is -1.58. The van der Waals surface area contributed by atoms with E-state index in [0.29, 0.717) is 5.92 Å². The molecular weight excluding hydrogens is 206 g/mol. The van der Waals surface area contributed by atoms with E-state index < -0.39 is 5.97 Å². The summed E-state index contributed by atoms with van der Waals surface area (Å²) >= 11 is 0. The van der Waals surface area contributed by atoms with Gasteiger partial charge in [-0.25, -0.2) is 9.78 Å². The molecule has 1 aromatic heterocycles. The van der Waals surface area contributed by atoms with Crippen molar-refractivity contribution in [3.8, 4) is 5.88 Å². The van der Waals surface area contributed by atoms with Crippen LogP contribution in [0.25, 0.3) is 0 Å². The Balaban J connectivity index is 2.76. The van der Waals surface area contributed by atoms with Crippen LogP contribution in [-0.2, 0) is 0 Å². The third-order valence-corrected chi connectivity index (χ3v) is 2.12. The van der Waals surface area contributed by atoms with E-state index in [0.717, 1.165) is 6.42 Å². The molecule has 1 N–H and O–H groups in total. The molecule has 4 nitrogen and oxygen atoms in total. The van der Waals surface area contributed by atoms with E-state index in [-0.39, 0.29) is 17.5 Å². The first-order chi connectivity index (χ1) is 7.50. The van der Waals surface area contributed by atoms with Crippen molar-refractivity contribution in [2.45, 2.75) is 33.3 Å². The largest absolute Gasteiger partial charge is 0.477 e. The Bertz CT molecular complexity index is 363. The van der Waals surface area contributed by atoms with E-state index in [4.69, 9.17) is 9.84 Å². The predicted octanol–water partition coefficient (Wildman–Crippen LogP) is 2.59. The van der Waals surface area contributed by atoms with Crippen LogP contribution in [0.5, 0.6) is 5.88 Å². The first kappa shape index (κ1) is 12.5. The quantitative estimate of drug-likeness (QED) is 0.833. The summed E-state index contributed by atoms with van der Waals surface area (Å²) in [5, 5.41) is 8.94. The highest BCUT2D eigenvalue weighted by atomic mass is 16.5. The van der Waals surface area contributed by atoms with Gasteiger partial charge in [-0.3, -0.25) is 0 Å². The van der Waals surface area contributed by atoms with Gasteiger partial charge in [-0.05, 0) is 31.4 Å². The van der Waals surface area contributed by atoms with E-state index in [2.05, 4.69) is 18.8 Å². The molecule has 0 saturated carbocycles. The standard InChI is InChI=1S/C12H17NO3/c1-8(2)7-9(3)16-11-10(12(14)15)5-4-6-13-11/h4-6,8-9H,7H2,1-3H3,(H,14,15). The summed E-state index contributed by atoms with van der Waals surface area (Å²) in [6, 6.07) is 3.08. The summed E-state index contributed by atoms with van der Waals surface area (Å²) in [6.45, 7) is 6.10. The van der Waals surface area contributed by atoms with E-state index >= 15 is 0 Å². The molecule has 16 heavy (non-hydrogen) atoms. The number of hydrogen-bond donors (Lipinski definition) is 1. The number of carboxylic acids is 1. The van der Waals surface area contributed by atoms with Gasteiger partial charge in [0.05, 0.1) is 6.10 Å². The zero-order valence-corrected chi connectivity index (χ0v) is 9.80. The molecule has 0 spiro atoms. The fourth-order valence-corrected chi connectivity index (χ4v) is 1.55. The minimum Gasteiger partial charge on any atom is -0.477 e. The zero-order valence-electron chi connectivity index (χ0n) is 9.80. The van der Waals surface area contributed by atoms with Gasteiger partial charge < -0.3 is 9.84 Å². The lowest BCUT2D eigenvalue weighted by molar-refractivity contribution is 0.0687. The fourth-order valence-electron chi connectivity index (χ4n) is 1.55. The summed E-state index contributed by atoms with van der Waals surface area (Å²) in [4.78, 5) is 14.8. The van der Waals surface area contributed by atoms with Crippen molar-refractivity contribution < 1.29 is 14.6 Å². The molecule has 0 saturated heterocycles. The number of ether oxygens (including phenoxy) is 1. The van der Waals surface area contributed by atoms with Gasteiger partial charge in [0.1, 0.15) is 5.56 Å². The number of carbonyl (C=O) groups is 1. The third-order valence-electron chi connectivity index (χ3n) is 2.12. The van der Waals surface area contributed by atoms with Gasteiger partial charge in [0.2, 0.25) is 5.88 Å². The van der Waals surface area contributed by atoms with E-state index in [9.17, 15) is 4.79 Å². The van der Waals surface area contributed by atoms with Crippen LogP contribution in [0.3, 0.4) is 0 Å². The van der Waals surface area contributed by atoms with Crippen LogP contribution in [0.2, 0.25) is 0 Å². The number of pyridine rings is 1. The number of nitrogens with zero attached hydrogens (tertiary/aromatic N) is 1. The second-order valence-corrected chi connectivity index (χ2v) is 4.22. The van der Waals surface area contributed by atoms with Crippen LogP contribution >= 0.6 is 0 Å². The van der Waals surface area contributed by atoms with Gasteiger partial charge in [-0.1, -0.05) is 13.8 Å². The van der Waals surface area contributed by atoms with Crippen molar-refractivity contribution in [1.29, 1.82) is 0 Å². The molecule has 0 aliphatic carbocycles. The summed E-state index contributed by atoms with van der Waals surface area (Å²) in [5.41, 5.74) is 0.109. The highest BCUT2D eigenvalue weighted by molar-refractivity contribution is 5.90. The van der Waals surface area contributed by atoms with Gasteiger partial charge in [-0.15, -0.1) is 0 Å². The molecule has 0 aromatic carbocycles. The number of rotatable bonds is 5. The number of hydrogen-bond acceptors (Lipinski definition) is 3. The number of carboxylic acid groups (broad SMARTS) is 1. The highest BCUT2D eigenvalue weighted by Crippen LogP contribution is 2.18. The lowest BCUT2D eigenvalue weighted by Crippen LogP contribution is -2.17. The maximum Gasteiger partial charge on any atom is 0.341 e. The van der Waals surface area contributed by atoms with Crippen molar-refractivity contribution in [1.82, 2.24) is 4.98 Å². The van der Waals surface area contributed by atoms with Crippen molar-refractivity contribution >= 4 is 5.97 Å². The van der Waals surface area contributed by atoms with E-state index in [1.54, 1.807) is 6.07 Å². The molecule has 0 radical (unpaired) electrons. The van der Waals surface area contributed by atoms with E-state index in [1.165, 1.54) is 12.3 Å². The molecular formula is C12H17NO3. The number of aromatic carboxylic acids is 1. The Morgan fingerprint density at radius 3 is 2.75 bits per heavy atom. The van der Waals surface area contributed by atoms with Crippen LogP contribution < -0.4 is 4.74 Å². The monoisotopic (exact) mass is 223 g/mol. The topological polar surface area (TPSA) is 59.4 Å². The van der Waals surface area contributed by atoms with Gasteiger partial charge in [0, 0.05) is 6.20 Å². The van der Waals surface area contributed by atoms with Gasteiger partial charge >= 0.3 is 5.97 Å². The molecule has 1 atom stereocenters. The molecule has 0 amide bonds. The molecule has 88 valence electrons. The summed E-state index contributed by atoms with van der Waals surface area (Å²) < 4.78 is 5.53. The van der Waals surface area contributed by atoms with Gasteiger partial charge in [0.15, 0.2) is 0 Å². The smallest absolute Gasteiger partial charge is 0.341 e. The highest BCUT2D eigenvalue weighted by Gasteiger charge is 2.15. The van der Waals surface area contributed by atoms with Crippen LogP contribution in [-0.4, -0.2) is 22.2 Å². The molecule has 0 fully saturated rings. The molecule has 1 heterocycles. The minimum absolute atomic E-state index is 0.0343. The fraction of sp³-hybridized carbons (Fsp3) is 0.500. The third kappa shape index (κ3) is 3.53. The Morgan fingerprint density at radius 2 is 2.19 bits per heavy atom.